The van der Waals surface area contributed by atoms with Crippen molar-refractivity contribution in [2.45, 2.75) is 19.3 Å². The number of thiophene rings is 1. The van der Waals surface area contributed by atoms with Crippen LogP contribution in [-0.2, 0) is 17.6 Å². The molecular formula is C13H12N2O2S. The van der Waals surface area contributed by atoms with E-state index in [4.69, 9.17) is 5.11 Å². The van der Waals surface area contributed by atoms with Crippen molar-refractivity contribution in [2.24, 2.45) is 5.92 Å². The Morgan fingerprint density at radius 1 is 1.50 bits per heavy atom. The van der Waals surface area contributed by atoms with Crippen molar-refractivity contribution >= 4 is 17.3 Å². The molecule has 0 bridgehead atoms. The highest BCUT2D eigenvalue weighted by Crippen LogP contribution is 2.27. The molecule has 0 spiro atoms. The lowest BCUT2D eigenvalue weighted by molar-refractivity contribution is -0.142. The topological polar surface area (TPSA) is 63.1 Å². The number of aliphatic carboxylic acids is 1. The Kier molecular flexibility index (Phi) is 2.83. The number of hydrogen-bond donors (Lipinski definition) is 1. The summed E-state index contributed by atoms with van der Waals surface area (Å²) in [6.07, 6.45) is 3.73. The summed E-state index contributed by atoms with van der Waals surface area (Å²) in [5.41, 5.74) is 1.99. The zero-order chi connectivity index (χ0) is 12.5. The van der Waals surface area contributed by atoms with Crippen molar-refractivity contribution in [3.8, 4) is 10.7 Å². The molecule has 1 atom stereocenters. The van der Waals surface area contributed by atoms with Crippen LogP contribution in [0.15, 0.2) is 23.7 Å². The molecule has 18 heavy (non-hydrogen) atoms. The van der Waals surface area contributed by atoms with Crippen LogP contribution in [0.4, 0.5) is 0 Å². The summed E-state index contributed by atoms with van der Waals surface area (Å²) >= 11 is 1.61. The molecule has 0 fully saturated rings. The van der Waals surface area contributed by atoms with E-state index in [1.54, 1.807) is 17.5 Å². The van der Waals surface area contributed by atoms with E-state index in [2.05, 4.69) is 9.97 Å². The van der Waals surface area contributed by atoms with Gasteiger partial charge in [-0.25, -0.2) is 9.97 Å². The number of fused-ring (bicyclic) bond motifs is 1. The molecule has 0 amide bonds. The summed E-state index contributed by atoms with van der Waals surface area (Å²) in [6, 6.07) is 3.97. The third-order valence-corrected chi connectivity index (χ3v) is 4.11. The molecule has 1 aliphatic carbocycles. The minimum atomic E-state index is -0.719. The number of carboxylic acids is 1. The maximum absolute atomic E-state index is 11.0. The first-order valence-corrected chi connectivity index (χ1v) is 6.73. The molecule has 4 nitrogen and oxygen atoms in total. The lowest BCUT2D eigenvalue weighted by atomic mass is 9.87. The van der Waals surface area contributed by atoms with E-state index in [1.807, 2.05) is 17.5 Å². The van der Waals surface area contributed by atoms with Crippen LogP contribution in [0.3, 0.4) is 0 Å². The molecule has 3 rings (SSSR count). The molecule has 0 saturated carbocycles. The van der Waals surface area contributed by atoms with Crippen LogP contribution in [0.25, 0.3) is 10.7 Å². The van der Waals surface area contributed by atoms with Crippen LogP contribution in [0.5, 0.6) is 0 Å². The summed E-state index contributed by atoms with van der Waals surface area (Å²) < 4.78 is 0. The minimum Gasteiger partial charge on any atom is -0.481 e. The fourth-order valence-corrected chi connectivity index (χ4v) is 2.91. The van der Waals surface area contributed by atoms with Gasteiger partial charge in [-0.15, -0.1) is 11.3 Å². The predicted molar refractivity (Wildman–Crippen MR) is 68.5 cm³/mol. The first kappa shape index (κ1) is 11.3. The second-order valence-corrected chi connectivity index (χ2v) is 5.37. The molecule has 2 heterocycles. The zero-order valence-electron chi connectivity index (χ0n) is 9.67. The van der Waals surface area contributed by atoms with Gasteiger partial charge in [0.2, 0.25) is 0 Å². The Morgan fingerprint density at radius 2 is 2.39 bits per heavy atom. The third-order valence-electron chi connectivity index (χ3n) is 3.24. The smallest absolute Gasteiger partial charge is 0.306 e. The van der Waals surface area contributed by atoms with Gasteiger partial charge < -0.3 is 5.11 Å². The normalized spacial score (nSPS) is 18.3. The fraction of sp³-hybridized carbons (Fsp3) is 0.308. The van der Waals surface area contributed by atoms with E-state index in [0.717, 1.165) is 28.4 Å². The summed E-state index contributed by atoms with van der Waals surface area (Å²) in [4.78, 5) is 20.9. The molecule has 1 N–H and O–H groups in total. The number of hydrogen-bond acceptors (Lipinski definition) is 4. The molecule has 1 unspecified atom stereocenters. The first-order valence-electron chi connectivity index (χ1n) is 5.85. The molecule has 5 heteroatoms. The summed E-state index contributed by atoms with van der Waals surface area (Å²) in [7, 11) is 0. The molecular weight excluding hydrogens is 248 g/mol. The van der Waals surface area contributed by atoms with Crippen molar-refractivity contribution in [3.63, 3.8) is 0 Å². The highest BCUT2D eigenvalue weighted by Gasteiger charge is 2.25. The molecule has 0 aliphatic heterocycles. The van der Waals surface area contributed by atoms with E-state index in [0.29, 0.717) is 12.8 Å². The Labute approximate surface area is 108 Å². The molecule has 2 aromatic heterocycles. The van der Waals surface area contributed by atoms with Crippen LogP contribution in [0, 0.1) is 5.92 Å². The van der Waals surface area contributed by atoms with Crippen LogP contribution in [0.1, 0.15) is 17.7 Å². The fourth-order valence-electron chi connectivity index (χ4n) is 2.24. The molecule has 0 aromatic carbocycles. The zero-order valence-corrected chi connectivity index (χ0v) is 10.5. The van der Waals surface area contributed by atoms with Crippen molar-refractivity contribution in [3.05, 3.63) is 35.0 Å². The number of carboxylic acid groups (broad SMARTS) is 1. The third kappa shape index (κ3) is 2.01. The number of carbonyl (C=O) groups is 1. The Hall–Kier alpha value is -1.75. The SMILES string of the molecule is O=C(O)C1CCc2nc(-c3cccs3)ncc2C1. The average Bonchev–Trinajstić information content (AvgIpc) is 2.91. The van der Waals surface area contributed by atoms with Crippen molar-refractivity contribution in [2.75, 3.05) is 0 Å². The van der Waals surface area contributed by atoms with Crippen molar-refractivity contribution < 1.29 is 9.90 Å². The first-order chi connectivity index (χ1) is 8.74. The van der Waals surface area contributed by atoms with Gasteiger partial charge in [-0.05, 0) is 36.3 Å². The predicted octanol–water partition coefficient (Wildman–Crippen LogP) is 2.39. The van der Waals surface area contributed by atoms with Crippen LogP contribution in [-0.4, -0.2) is 21.0 Å². The summed E-state index contributed by atoms with van der Waals surface area (Å²) in [5, 5.41) is 11.0. The number of rotatable bonds is 2. The quantitative estimate of drug-likeness (QED) is 0.900. The summed E-state index contributed by atoms with van der Waals surface area (Å²) in [6.45, 7) is 0. The van der Waals surface area contributed by atoms with Gasteiger partial charge in [-0.3, -0.25) is 4.79 Å². The van der Waals surface area contributed by atoms with E-state index in [9.17, 15) is 4.79 Å². The molecule has 2 aromatic rings. The van der Waals surface area contributed by atoms with Crippen LogP contribution >= 0.6 is 11.3 Å². The van der Waals surface area contributed by atoms with Crippen LogP contribution in [0.2, 0.25) is 0 Å². The van der Waals surface area contributed by atoms with Crippen molar-refractivity contribution in [1.29, 1.82) is 0 Å². The van der Waals surface area contributed by atoms with Gasteiger partial charge >= 0.3 is 5.97 Å². The Bertz CT molecular complexity index is 581. The number of aryl methyl sites for hydroxylation is 1. The number of aromatic nitrogens is 2. The van der Waals surface area contributed by atoms with E-state index in [-0.39, 0.29) is 5.92 Å². The van der Waals surface area contributed by atoms with Gasteiger partial charge in [0, 0.05) is 11.9 Å². The Balaban J connectivity index is 1.92. The van der Waals surface area contributed by atoms with E-state index >= 15 is 0 Å². The molecule has 1 aliphatic rings. The minimum absolute atomic E-state index is 0.284. The number of nitrogens with zero attached hydrogens (tertiary/aromatic N) is 2. The standard InChI is InChI=1S/C13H12N2O2S/c16-13(17)8-3-4-10-9(6-8)7-14-12(15-10)11-2-1-5-18-11/h1-2,5,7-8H,3-4,6H2,(H,16,17). The lowest BCUT2D eigenvalue weighted by Gasteiger charge is -2.20. The second-order valence-electron chi connectivity index (χ2n) is 4.42. The second kappa shape index (κ2) is 4.49. The maximum Gasteiger partial charge on any atom is 0.306 e. The lowest BCUT2D eigenvalue weighted by Crippen LogP contribution is -2.23. The molecule has 0 saturated heterocycles. The molecule has 92 valence electrons. The summed E-state index contributed by atoms with van der Waals surface area (Å²) in [5.74, 6) is -0.255. The van der Waals surface area contributed by atoms with Gasteiger partial charge in [-0.1, -0.05) is 6.07 Å². The van der Waals surface area contributed by atoms with Gasteiger partial charge in [0.1, 0.15) is 0 Å². The average molecular weight is 260 g/mol. The largest absolute Gasteiger partial charge is 0.481 e. The highest BCUT2D eigenvalue weighted by molar-refractivity contribution is 7.13. The van der Waals surface area contributed by atoms with Crippen LogP contribution < -0.4 is 0 Å². The van der Waals surface area contributed by atoms with E-state index in [1.165, 1.54) is 0 Å². The van der Waals surface area contributed by atoms with Gasteiger partial charge in [0.15, 0.2) is 5.82 Å². The van der Waals surface area contributed by atoms with Gasteiger partial charge in [0.25, 0.3) is 0 Å². The van der Waals surface area contributed by atoms with Gasteiger partial charge in [0.05, 0.1) is 10.8 Å². The van der Waals surface area contributed by atoms with Gasteiger partial charge in [-0.2, -0.15) is 0 Å². The maximum atomic E-state index is 11.0. The van der Waals surface area contributed by atoms with Crippen molar-refractivity contribution in [1.82, 2.24) is 9.97 Å². The monoisotopic (exact) mass is 260 g/mol. The molecule has 0 radical (unpaired) electrons. The highest BCUT2D eigenvalue weighted by atomic mass is 32.1. The Morgan fingerprint density at radius 3 is 3.11 bits per heavy atom. The van der Waals surface area contributed by atoms with E-state index < -0.39 is 5.97 Å².